The molecule has 0 atom stereocenters. The van der Waals surface area contributed by atoms with Gasteiger partial charge in [0.25, 0.3) is 0 Å². The fraction of sp³-hybridized carbons (Fsp3) is 0.700. The number of allylic oxidation sites excluding steroid dienone is 8. The molecule has 0 unspecified atom stereocenters. The van der Waals surface area contributed by atoms with Crippen molar-refractivity contribution in [2.75, 3.05) is 32.7 Å². The van der Waals surface area contributed by atoms with Gasteiger partial charge < -0.3 is 4.90 Å². The molecule has 0 aromatic carbocycles. The quantitative estimate of drug-likeness (QED) is 0.250. The van der Waals surface area contributed by atoms with Crippen LogP contribution in [-0.4, -0.2) is 48.4 Å². The van der Waals surface area contributed by atoms with E-state index >= 15 is 0 Å². The van der Waals surface area contributed by atoms with Crippen LogP contribution in [0.15, 0.2) is 46.6 Å². The molecule has 0 radical (unpaired) electrons. The van der Waals surface area contributed by atoms with E-state index in [0.717, 1.165) is 71.2 Å². The highest BCUT2D eigenvalue weighted by molar-refractivity contribution is 5.76. The summed E-state index contributed by atoms with van der Waals surface area (Å²) in [5.74, 6) is 1.02. The van der Waals surface area contributed by atoms with Gasteiger partial charge in [0.1, 0.15) is 0 Å². The summed E-state index contributed by atoms with van der Waals surface area (Å²) in [6.07, 6.45) is 17.7. The molecule has 0 N–H and O–H groups in total. The lowest BCUT2D eigenvalue weighted by Crippen LogP contribution is -2.49. The molecule has 0 saturated carbocycles. The van der Waals surface area contributed by atoms with Crippen molar-refractivity contribution >= 4 is 5.91 Å². The summed E-state index contributed by atoms with van der Waals surface area (Å²) < 4.78 is 0. The summed E-state index contributed by atoms with van der Waals surface area (Å²) in [6, 6.07) is 0. The second kappa shape index (κ2) is 16.9. The van der Waals surface area contributed by atoms with Gasteiger partial charge in [-0.1, -0.05) is 60.4 Å². The molecule has 1 saturated heterocycles. The molecule has 3 nitrogen and oxygen atoms in total. The van der Waals surface area contributed by atoms with E-state index in [1.807, 2.05) is 0 Å². The van der Waals surface area contributed by atoms with Crippen molar-refractivity contribution in [1.29, 1.82) is 0 Å². The summed E-state index contributed by atoms with van der Waals surface area (Å²) in [7, 11) is 0. The van der Waals surface area contributed by atoms with Gasteiger partial charge in [-0.05, 0) is 85.5 Å². The summed E-state index contributed by atoms with van der Waals surface area (Å²) in [5, 5.41) is 0. The standard InChI is InChI=1S/C30H52N2O/c1-25(2)12-8-13-27(5)14-9-15-28(6)16-10-17-29(7)18-11-19-30(33)32-22-20-31(21-23-32)24-26(3)4/h12,14,16,18,26H,8-11,13,15,17,19-24H2,1-7H3. The molecule has 188 valence electrons. The Morgan fingerprint density at radius 3 is 1.52 bits per heavy atom. The maximum atomic E-state index is 12.5. The third-order valence-corrected chi connectivity index (χ3v) is 6.35. The van der Waals surface area contributed by atoms with Gasteiger partial charge in [-0.15, -0.1) is 0 Å². The van der Waals surface area contributed by atoms with Crippen molar-refractivity contribution in [2.45, 2.75) is 99.8 Å². The molecule has 0 bridgehead atoms. The van der Waals surface area contributed by atoms with Crippen LogP contribution in [0, 0.1) is 5.92 Å². The monoisotopic (exact) mass is 456 g/mol. The van der Waals surface area contributed by atoms with Crippen LogP contribution in [0.25, 0.3) is 0 Å². The molecule has 1 amide bonds. The van der Waals surface area contributed by atoms with Gasteiger partial charge in [0.05, 0.1) is 0 Å². The first-order chi connectivity index (χ1) is 15.7. The van der Waals surface area contributed by atoms with E-state index in [0.29, 0.717) is 18.2 Å². The van der Waals surface area contributed by atoms with Crippen molar-refractivity contribution in [3.05, 3.63) is 46.6 Å². The highest BCUT2D eigenvalue weighted by Crippen LogP contribution is 2.14. The first-order valence-electron chi connectivity index (χ1n) is 13.3. The maximum absolute atomic E-state index is 12.5. The summed E-state index contributed by atoms with van der Waals surface area (Å²) in [6.45, 7) is 20.5. The molecule has 3 heteroatoms. The molecule has 0 spiro atoms. The molecule has 1 aliphatic heterocycles. The van der Waals surface area contributed by atoms with Gasteiger partial charge in [0.2, 0.25) is 5.91 Å². The summed E-state index contributed by atoms with van der Waals surface area (Å²) in [5.41, 5.74) is 5.81. The van der Waals surface area contributed by atoms with Crippen LogP contribution in [0.5, 0.6) is 0 Å². The minimum Gasteiger partial charge on any atom is -0.340 e. The predicted octanol–water partition coefficient (Wildman–Crippen LogP) is 7.71. The molecule has 0 aromatic heterocycles. The number of carbonyl (C=O) groups is 1. The van der Waals surface area contributed by atoms with E-state index in [1.165, 1.54) is 28.7 Å². The zero-order valence-electron chi connectivity index (χ0n) is 22.9. The van der Waals surface area contributed by atoms with Crippen LogP contribution in [-0.2, 0) is 4.79 Å². The van der Waals surface area contributed by atoms with Crippen LogP contribution in [0.4, 0.5) is 0 Å². The second-order valence-corrected chi connectivity index (χ2v) is 10.7. The number of amides is 1. The average molecular weight is 457 g/mol. The zero-order valence-corrected chi connectivity index (χ0v) is 22.9. The first kappa shape index (κ1) is 29.4. The van der Waals surface area contributed by atoms with Crippen molar-refractivity contribution in [1.82, 2.24) is 9.80 Å². The highest BCUT2D eigenvalue weighted by atomic mass is 16.2. The van der Waals surface area contributed by atoms with Gasteiger partial charge in [-0.3, -0.25) is 9.69 Å². The van der Waals surface area contributed by atoms with Crippen molar-refractivity contribution < 1.29 is 4.79 Å². The van der Waals surface area contributed by atoms with Crippen LogP contribution in [0.2, 0.25) is 0 Å². The maximum Gasteiger partial charge on any atom is 0.222 e. The minimum absolute atomic E-state index is 0.322. The van der Waals surface area contributed by atoms with E-state index < -0.39 is 0 Å². The summed E-state index contributed by atoms with van der Waals surface area (Å²) >= 11 is 0. The number of piperazine rings is 1. The van der Waals surface area contributed by atoms with Gasteiger partial charge >= 0.3 is 0 Å². The van der Waals surface area contributed by atoms with E-state index in [1.54, 1.807) is 0 Å². The van der Waals surface area contributed by atoms with Crippen LogP contribution in [0.3, 0.4) is 0 Å². The van der Waals surface area contributed by atoms with Crippen LogP contribution >= 0.6 is 0 Å². The van der Waals surface area contributed by atoms with E-state index in [9.17, 15) is 4.79 Å². The Morgan fingerprint density at radius 1 is 0.667 bits per heavy atom. The van der Waals surface area contributed by atoms with Crippen molar-refractivity contribution in [3.8, 4) is 0 Å². The number of nitrogens with zero attached hydrogens (tertiary/aromatic N) is 2. The summed E-state index contributed by atoms with van der Waals surface area (Å²) in [4.78, 5) is 17.1. The first-order valence-corrected chi connectivity index (χ1v) is 13.3. The highest BCUT2D eigenvalue weighted by Gasteiger charge is 2.20. The van der Waals surface area contributed by atoms with Crippen molar-refractivity contribution in [3.63, 3.8) is 0 Å². The lowest BCUT2D eigenvalue weighted by atomic mass is 10.0. The largest absolute Gasteiger partial charge is 0.340 e. The molecule has 1 heterocycles. The number of hydrogen-bond donors (Lipinski definition) is 0. The van der Waals surface area contributed by atoms with Crippen LogP contribution in [0.1, 0.15) is 99.8 Å². The third-order valence-electron chi connectivity index (χ3n) is 6.35. The number of carbonyl (C=O) groups excluding carboxylic acids is 1. The molecular weight excluding hydrogens is 404 g/mol. The second-order valence-electron chi connectivity index (χ2n) is 10.7. The lowest BCUT2D eigenvalue weighted by molar-refractivity contribution is -0.132. The van der Waals surface area contributed by atoms with E-state index in [4.69, 9.17) is 0 Å². The number of hydrogen-bond acceptors (Lipinski definition) is 2. The molecule has 0 aliphatic carbocycles. The minimum atomic E-state index is 0.322. The van der Waals surface area contributed by atoms with Gasteiger partial charge in [-0.25, -0.2) is 0 Å². The Morgan fingerprint density at radius 2 is 1.09 bits per heavy atom. The Bertz CT molecular complexity index is 684. The fourth-order valence-corrected chi connectivity index (χ4v) is 4.28. The van der Waals surface area contributed by atoms with Crippen LogP contribution < -0.4 is 0 Å². The molecule has 1 fully saturated rings. The van der Waals surface area contributed by atoms with E-state index in [2.05, 4.69) is 82.6 Å². The molecular formula is C30H52N2O. The fourth-order valence-electron chi connectivity index (χ4n) is 4.28. The normalized spacial score (nSPS) is 16.5. The molecule has 33 heavy (non-hydrogen) atoms. The Hall–Kier alpha value is -1.61. The molecule has 1 aliphatic rings. The average Bonchev–Trinajstić information content (AvgIpc) is 2.73. The van der Waals surface area contributed by atoms with Crippen molar-refractivity contribution in [2.24, 2.45) is 5.92 Å². The lowest BCUT2D eigenvalue weighted by Gasteiger charge is -2.35. The Balaban J connectivity index is 2.21. The van der Waals surface area contributed by atoms with Gasteiger partial charge in [0, 0.05) is 39.1 Å². The predicted molar refractivity (Wildman–Crippen MR) is 145 cm³/mol. The molecule has 0 aromatic rings. The SMILES string of the molecule is CC(C)=CCCC(C)=CCCC(C)=CCCC(C)=CCCC(=O)N1CCN(CC(C)C)CC1. The smallest absolute Gasteiger partial charge is 0.222 e. The third kappa shape index (κ3) is 15.0. The van der Waals surface area contributed by atoms with Gasteiger partial charge in [-0.2, -0.15) is 0 Å². The topological polar surface area (TPSA) is 23.6 Å². The Labute approximate surface area is 205 Å². The number of rotatable bonds is 14. The Kier molecular flexibility index (Phi) is 15.1. The zero-order chi connectivity index (χ0) is 24.6. The molecule has 1 rings (SSSR count). The van der Waals surface area contributed by atoms with Gasteiger partial charge in [0.15, 0.2) is 0 Å². The van der Waals surface area contributed by atoms with E-state index in [-0.39, 0.29) is 0 Å².